The van der Waals surface area contributed by atoms with Crippen molar-refractivity contribution in [3.8, 4) is 0 Å². The van der Waals surface area contributed by atoms with Gasteiger partial charge in [0.2, 0.25) is 0 Å². The van der Waals surface area contributed by atoms with Gasteiger partial charge in [0, 0.05) is 6.61 Å². The van der Waals surface area contributed by atoms with E-state index < -0.39 is 8.32 Å². The number of esters is 1. The Morgan fingerprint density at radius 2 is 1.60 bits per heavy atom. The Morgan fingerprint density at radius 1 is 1.03 bits per heavy atom. The molecule has 2 bridgehead atoms. The predicted molar refractivity (Wildman–Crippen MR) is 127 cm³/mol. The fourth-order valence-electron chi connectivity index (χ4n) is 7.03. The Balaban J connectivity index is 1.63. The molecule has 0 amide bonds. The minimum Gasteiger partial charge on any atom is -0.462 e. The smallest absolute Gasteiger partial charge is 0.338 e. The van der Waals surface area contributed by atoms with Crippen LogP contribution in [-0.2, 0) is 14.6 Å². The van der Waals surface area contributed by atoms with Crippen LogP contribution in [0.3, 0.4) is 0 Å². The van der Waals surface area contributed by atoms with Gasteiger partial charge in [0.1, 0.15) is 0 Å². The maximum atomic E-state index is 12.2. The van der Waals surface area contributed by atoms with Gasteiger partial charge in [0.05, 0.1) is 12.2 Å². The summed E-state index contributed by atoms with van der Waals surface area (Å²) >= 11 is 0. The van der Waals surface area contributed by atoms with E-state index >= 15 is 0 Å². The zero-order chi connectivity index (χ0) is 22.3. The molecule has 3 fully saturated rings. The van der Waals surface area contributed by atoms with E-state index in [0.29, 0.717) is 34.2 Å². The van der Waals surface area contributed by atoms with Crippen molar-refractivity contribution in [3.05, 3.63) is 34.9 Å². The third kappa shape index (κ3) is 3.79. The first-order valence-electron chi connectivity index (χ1n) is 11.9. The van der Waals surface area contributed by atoms with Crippen molar-refractivity contribution in [3.63, 3.8) is 0 Å². The lowest BCUT2D eigenvalue weighted by Gasteiger charge is -2.72. The van der Waals surface area contributed by atoms with Crippen LogP contribution in [0.2, 0.25) is 16.6 Å². The highest BCUT2D eigenvalue weighted by atomic mass is 28.4. The van der Waals surface area contributed by atoms with Crippen LogP contribution < -0.4 is 0 Å². The Hall–Kier alpha value is -1.13. The topological polar surface area (TPSA) is 35.5 Å². The Bertz CT molecular complexity index is 739. The Morgan fingerprint density at radius 3 is 2.10 bits per heavy atom. The summed E-state index contributed by atoms with van der Waals surface area (Å²) < 4.78 is 12.0. The van der Waals surface area contributed by atoms with Crippen molar-refractivity contribution in [1.29, 1.82) is 0 Å². The van der Waals surface area contributed by atoms with Crippen molar-refractivity contribution in [2.75, 3.05) is 13.2 Å². The molecule has 30 heavy (non-hydrogen) atoms. The molecule has 0 radical (unpaired) electrons. The molecule has 0 spiro atoms. The molecule has 168 valence electrons. The predicted octanol–water partition coefficient (Wildman–Crippen LogP) is 7.18. The van der Waals surface area contributed by atoms with E-state index in [1.54, 1.807) is 0 Å². The van der Waals surface area contributed by atoms with E-state index in [2.05, 4.69) is 60.6 Å². The standard InChI is InChI=1S/C26H42O3Si/c1-9-28-24(27)22-11-10-21(8)23(14-22)26-15-25(16-26,17-26)12-13-29-30(18(2)3,19(4)5)20(6)7/h10-11,14,18-20H,9,12-13,15-17H2,1-8H3. The molecular formula is C26H42O3Si. The van der Waals surface area contributed by atoms with E-state index in [1.165, 1.54) is 36.8 Å². The van der Waals surface area contributed by atoms with E-state index in [4.69, 9.17) is 9.16 Å². The fourth-order valence-corrected chi connectivity index (χ4v) is 12.5. The molecule has 0 atom stereocenters. The van der Waals surface area contributed by atoms with Gasteiger partial charge in [-0.1, -0.05) is 47.6 Å². The maximum absolute atomic E-state index is 12.2. The lowest BCUT2D eigenvalue weighted by atomic mass is 9.32. The third-order valence-corrected chi connectivity index (χ3v) is 14.3. The van der Waals surface area contributed by atoms with E-state index in [1.807, 2.05) is 13.0 Å². The molecule has 1 aromatic rings. The van der Waals surface area contributed by atoms with Gasteiger partial charge in [-0.15, -0.1) is 0 Å². The first-order valence-corrected chi connectivity index (χ1v) is 14.1. The van der Waals surface area contributed by atoms with Crippen LogP contribution in [0.4, 0.5) is 0 Å². The van der Waals surface area contributed by atoms with Crippen LogP contribution in [0.25, 0.3) is 0 Å². The molecule has 0 aromatic heterocycles. The average Bonchev–Trinajstić information content (AvgIpc) is 2.59. The van der Waals surface area contributed by atoms with Crippen molar-refractivity contribution in [2.45, 2.75) is 103 Å². The Labute approximate surface area is 185 Å². The number of hydrogen-bond acceptors (Lipinski definition) is 3. The van der Waals surface area contributed by atoms with Crippen LogP contribution in [0.5, 0.6) is 0 Å². The summed E-state index contributed by atoms with van der Waals surface area (Å²) in [5, 5.41) is 0. The molecule has 1 aromatic carbocycles. The van der Waals surface area contributed by atoms with Crippen molar-refractivity contribution < 1.29 is 14.0 Å². The number of benzene rings is 1. The average molecular weight is 431 g/mol. The second-order valence-electron chi connectivity index (χ2n) is 11.0. The quantitative estimate of drug-likeness (QED) is 0.291. The number of carbonyl (C=O) groups is 1. The zero-order valence-corrected chi connectivity index (χ0v) is 21.4. The first-order chi connectivity index (χ1) is 14.0. The SMILES string of the molecule is CCOC(=O)c1ccc(C)c(C23CC(CCO[Si](C(C)C)(C(C)C)C(C)C)(C2)C3)c1. The van der Waals surface area contributed by atoms with Crippen LogP contribution >= 0.6 is 0 Å². The third-order valence-electron chi connectivity index (χ3n) is 8.15. The summed E-state index contributed by atoms with van der Waals surface area (Å²) in [6, 6.07) is 6.09. The van der Waals surface area contributed by atoms with Gasteiger partial charge in [-0.25, -0.2) is 4.79 Å². The molecule has 0 aliphatic heterocycles. The number of ether oxygens (including phenoxy) is 1. The number of aryl methyl sites for hydroxylation is 1. The van der Waals surface area contributed by atoms with Gasteiger partial charge in [-0.2, -0.15) is 0 Å². The highest BCUT2D eigenvalue weighted by molar-refractivity contribution is 6.77. The van der Waals surface area contributed by atoms with Crippen LogP contribution in [0.15, 0.2) is 18.2 Å². The largest absolute Gasteiger partial charge is 0.462 e. The summed E-state index contributed by atoms with van der Waals surface area (Å²) in [5.74, 6) is -0.203. The second kappa shape index (κ2) is 8.42. The summed E-state index contributed by atoms with van der Waals surface area (Å²) in [6.07, 6.45) is 4.93. The molecule has 4 rings (SSSR count). The van der Waals surface area contributed by atoms with Crippen LogP contribution in [-0.4, -0.2) is 27.5 Å². The van der Waals surface area contributed by atoms with Crippen LogP contribution in [0.1, 0.15) is 95.6 Å². The molecule has 0 saturated heterocycles. The second-order valence-corrected chi connectivity index (χ2v) is 16.4. The number of carbonyl (C=O) groups excluding carboxylic acids is 1. The summed E-state index contributed by atoms with van der Waals surface area (Å²) in [4.78, 5) is 12.2. The molecule has 3 saturated carbocycles. The van der Waals surface area contributed by atoms with Crippen molar-refractivity contribution >= 4 is 14.3 Å². The molecule has 4 heteroatoms. The van der Waals surface area contributed by atoms with E-state index in [0.717, 1.165) is 6.61 Å². The number of rotatable bonds is 10. The summed E-state index contributed by atoms with van der Waals surface area (Å²) in [6.45, 7) is 19.5. The maximum Gasteiger partial charge on any atom is 0.338 e. The number of hydrogen-bond donors (Lipinski definition) is 0. The highest BCUT2D eigenvalue weighted by Crippen LogP contribution is 2.75. The van der Waals surface area contributed by atoms with Gasteiger partial charge < -0.3 is 9.16 Å². The van der Waals surface area contributed by atoms with E-state index in [9.17, 15) is 4.79 Å². The van der Waals surface area contributed by atoms with Gasteiger partial charge >= 0.3 is 5.97 Å². The van der Waals surface area contributed by atoms with Gasteiger partial charge in [0.25, 0.3) is 0 Å². The molecule has 0 N–H and O–H groups in total. The normalized spacial score (nSPS) is 25.4. The highest BCUT2D eigenvalue weighted by Gasteiger charge is 2.68. The molecule has 3 aliphatic rings. The lowest BCUT2D eigenvalue weighted by molar-refractivity contribution is -0.151. The minimum atomic E-state index is -1.77. The molecule has 0 heterocycles. The lowest BCUT2D eigenvalue weighted by Crippen LogP contribution is -2.65. The molecular weight excluding hydrogens is 388 g/mol. The zero-order valence-electron chi connectivity index (χ0n) is 20.4. The Kier molecular flexibility index (Phi) is 6.61. The van der Waals surface area contributed by atoms with Gasteiger partial charge in [-0.05, 0) is 90.2 Å². The summed E-state index contributed by atoms with van der Waals surface area (Å²) in [5.41, 5.74) is 6.05. The minimum absolute atomic E-state index is 0.203. The van der Waals surface area contributed by atoms with Gasteiger partial charge in [0.15, 0.2) is 8.32 Å². The van der Waals surface area contributed by atoms with Crippen molar-refractivity contribution in [2.24, 2.45) is 5.41 Å². The van der Waals surface area contributed by atoms with E-state index in [-0.39, 0.29) is 11.4 Å². The van der Waals surface area contributed by atoms with Gasteiger partial charge in [-0.3, -0.25) is 0 Å². The van der Waals surface area contributed by atoms with Crippen molar-refractivity contribution in [1.82, 2.24) is 0 Å². The fraction of sp³-hybridized carbons (Fsp3) is 0.731. The monoisotopic (exact) mass is 430 g/mol. The molecule has 3 nitrogen and oxygen atoms in total. The first kappa shape index (κ1) is 23.5. The molecule has 3 aliphatic carbocycles. The summed E-state index contributed by atoms with van der Waals surface area (Å²) in [7, 11) is -1.77. The van der Waals surface area contributed by atoms with Crippen LogP contribution in [0, 0.1) is 12.3 Å². The molecule has 0 unspecified atom stereocenters.